The number of urea groups is 1. The second-order valence-corrected chi connectivity index (χ2v) is 6.67. The van der Waals surface area contributed by atoms with E-state index in [-0.39, 0.29) is 18.0 Å². The third kappa shape index (κ3) is 3.96. The molecular formula is C20H23N5O. The van der Waals surface area contributed by atoms with Crippen molar-refractivity contribution in [3.8, 4) is 0 Å². The Kier molecular flexibility index (Phi) is 5.11. The first kappa shape index (κ1) is 17.8. The van der Waals surface area contributed by atoms with Crippen molar-refractivity contribution in [2.45, 2.75) is 33.7 Å². The maximum Gasteiger partial charge on any atom is 0.319 e. The summed E-state index contributed by atoms with van der Waals surface area (Å²) in [6.07, 6.45) is 1.73. The SMILES string of the molecule is Cc1nc2ccc(NC(=O)NC(c3ccccn3)C(C)C)cc2nc1C. The Bertz CT molecular complexity index is 924. The average Bonchev–Trinajstić information content (AvgIpc) is 2.61. The summed E-state index contributed by atoms with van der Waals surface area (Å²) in [5.74, 6) is 0.212. The van der Waals surface area contributed by atoms with E-state index < -0.39 is 0 Å². The molecule has 6 heteroatoms. The molecule has 1 aromatic carbocycles. The maximum atomic E-state index is 12.5. The molecule has 0 radical (unpaired) electrons. The minimum absolute atomic E-state index is 0.165. The van der Waals surface area contributed by atoms with Gasteiger partial charge in [-0.3, -0.25) is 4.98 Å². The van der Waals surface area contributed by atoms with E-state index in [0.717, 1.165) is 28.1 Å². The van der Waals surface area contributed by atoms with Crippen LogP contribution in [0.1, 0.15) is 37.0 Å². The molecule has 6 nitrogen and oxygen atoms in total. The number of carbonyl (C=O) groups is 1. The lowest BCUT2D eigenvalue weighted by molar-refractivity contribution is 0.244. The summed E-state index contributed by atoms with van der Waals surface area (Å²) in [6, 6.07) is 10.8. The highest BCUT2D eigenvalue weighted by Gasteiger charge is 2.19. The second kappa shape index (κ2) is 7.47. The van der Waals surface area contributed by atoms with Gasteiger partial charge in [-0.05, 0) is 50.1 Å². The van der Waals surface area contributed by atoms with Gasteiger partial charge < -0.3 is 10.6 Å². The molecule has 2 aromatic heterocycles. The van der Waals surface area contributed by atoms with E-state index in [9.17, 15) is 4.79 Å². The molecule has 0 saturated heterocycles. The topological polar surface area (TPSA) is 79.8 Å². The van der Waals surface area contributed by atoms with Crippen molar-refractivity contribution >= 4 is 22.8 Å². The number of carbonyl (C=O) groups excluding carboxylic acids is 1. The van der Waals surface area contributed by atoms with Crippen LogP contribution in [0, 0.1) is 19.8 Å². The van der Waals surface area contributed by atoms with Gasteiger partial charge in [0.05, 0.1) is 34.2 Å². The van der Waals surface area contributed by atoms with Crippen molar-refractivity contribution in [2.75, 3.05) is 5.32 Å². The van der Waals surface area contributed by atoms with Crippen molar-refractivity contribution in [1.82, 2.24) is 20.3 Å². The zero-order chi connectivity index (χ0) is 18.7. The van der Waals surface area contributed by atoms with Gasteiger partial charge in [-0.1, -0.05) is 19.9 Å². The lowest BCUT2D eigenvalue weighted by Crippen LogP contribution is -2.35. The summed E-state index contributed by atoms with van der Waals surface area (Å²) in [4.78, 5) is 25.9. The second-order valence-electron chi connectivity index (χ2n) is 6.67. The van der Waals surface area contributed by atoms with Gasteiger partial charge in [0.15, 0.2) is 0 Å². The number of nitrogens with one attached hydrogen (secondary N) is 2. The number of aromatic nitrogens is 3. The summed E-state index contributed by atoms with van der Waals surface area (Å²) in [5, 5.41) is 5.88. The van der Waals surface area contributed by atoms with Crippen LogP contribution in [-0.2, 0) is 0 Å². The summed E-state index contributed by atoms with van der Waals surface area (Å²) >= 11 is 0. The molecule has 1 unspecified atom stereocenters. The van der Waals surface area contributed by atoms with Gasteiger partial charge in [0, 0.05) is 11.9 Å². The molecule has 0 fully saturated rings. The molecule has 0 spiro atoms. The molecular weight excluding hydrogens is 326 g/mol. The molecule has 26 heavy (non-hydrogen) atoms. The van der Waals surface area contributed by atoms with Crippen LogP contribution in [0.3, 0.4) is 0 Å². The number of hydrogen-bond donors (Lipinski definition) is 2. The number of benzene rings is 1. The summed E-state index contributed by atoms with van der Waals surface area (Å²) in [5.41, 5.74) is 4.88. The first-order valence-corrected chi connectivity index (χ1v) is 8.67. The Balaban J connectivity index is 1.76. The Morgan fingerprint density at radius 2 is 1.73 bits per heavy atom. The number of aryl methyl sites for hydroxylation is 2. The fraction of sp³-hybridized carbons (Fsp3) is 0.300. The molecule has 0 bridgehead atoms. The lowest BCUT2D eigenvalue weighted by Gasteiger charge is -2.22. The minimum atomic E-state index is -0.273. The molecule has 134 valence electrons. The predicted octanol–water partition coefficient (Wildman–Crippen LogP) is 4.16. The fourth-order valence-corrected chi connectivity index (χ4v) is 2.76. The van der Waals surface area contributed by atoms with Gasteiger partial charge >= 0.3 is 6.03 Å². The molecule has 2 heterocycles. The number of anilines is 1. The van der Waals surface area contributed by atoms with E-state index in [1.54, 1.807) is 6.20 Å². The maximum absolute atomic E-state index is 12.5. The molecule has 2 amide bonds. The van der Waals surface area contributed by atoms with E-state index in [2.05, 4.69) is 39.4 Å². The zero-order valence-electron chi connectivity index (χ0n) is 15.4. The van der Waals surface area contributed by atoms with Crippen LogP contribution in [0.25, 0.3) is 11.0 Å². The summed E-state index contributed by atoms with van der Waals surface area (Å²) in [6.45, 7) is 7.96. The highest BCUT2D eigenvalue weighted by atomic mass is 16.2. The van der Waals surface area contributed by atoms with Gasteiger partial charge in [0.2, 0.25) is 0 Å². The number of fused-ring (bicyclic) bond motifs is 1. The van der Waals surface area contributed by atoms with Crippen LogP contribution in [0.2, 0.25) is 0 Å². The molecule has 0 aliphatic heterocycles. The van der Waals surface area contributed by atoms with E-state index in [1.165, 1.54) is 0 Å². The highest BCUT2D eigenvalue weighted by molar-refractivity contribution is 5.92. The lowest BCUT2D eigenvalue weighted by atomic mass is 10.0. The van der Waals surface area contributed by atoms with Crippen molar-refractivity contribution in [2.24, 2.45) is 5.92 Å². The van der Waals surface area contributed by atoms with Crippen molar-refractivity contribution in [3.05, 3.63) is 59.7 Å². The Labute approximate surface area is 153 Å². The first-order valence-electron chi connectivity index (χ1n) is 8.67. The van der Waals surface area contributed by atoms with Crippen LogP contribution in [0.5, 0.6) is 0 Å². The standard InChI is InChI=1S/C20H23N5O/c1-12(2)19(17-7-5-6-10-21-17)25-20(26)24-15-8-9-16-18(11-15)23-14(4)13(3)22-16/h5-12,19H,1-4H3,(H2,24,25,26). The molecule has 0 saturated carbocycles. The van der Waals surface area contributed by atoms with Crippen LogP contribution in [0.15, 0.2) is 42.6 Å². The van der Waals surface area contributed by atoms with Gasteiger partial charge in [0.1, 0.15) is 0 Å². The Morgan fingerprint density at radius 3 is 2.38 bits per heavy atom. The molecule has 1 atom stereocenters. The summed E-state index contributed by atoms with van der Waals surface area (Å²) < 4.78 is 0. The third-order valence-electron chi connectivity index (χ3n) is 4.29. The first-order chi connectivity index (χ1) is 12.4. The van der Waals surface area contributed by atoms with Crippen molar-refractivity contribution < 1.29 is 4.79 Å². The van der Waals surface area contributed by atoms with Gasteiger partial charge in [0.25, 0.3) is 0 Å². The number of nitrogens with zero attached hydrogens (tertiary/aromatic N) is 3. The molecule has 3 rings (SSSR count). The molecule has 0 aliphatic rings. The monoisotopic (exact) mass is 349 g/mol. The zero-order valence-corrected chi connectivity index (χ0v) is 15.4. The Hall–Kier alpha value is -3.02. The third-order valence-corrected chi connectivity index (χ3v) is 4.29. The number of pyridine rings is 1. The van der Waals surface area contributed by atoms with E-state index in [4.69, 9.17) is 0 Å². The average molecular weight is 349 g/mol. The summed E-state index contributed by atoms with van der Waals surface area (Å²) in [7, 11) is 0. The Morgan fingerprint density at radius 1 is 1.00 bits per heavy atom. The van der Waals surface area contributed by atoms with Gasteiger partial charge in [-0.2, -0.15) is 0 Å². The van der Waals surface area contributed by atoms with Crippen LogP contribution in [-0.4, -0.2) is 21.0 Å². The van der Waals surface area contributed by atoms with Crippen LogP contribution >= 0.6 is 0 Å². The van der Waals surface area contributed by atoms with E-state index in [1.807, 2.05) is 50.2 Å². The quantitative estimate of drug-likeness (QED) is 0.741. The van der Waals surface area contributed by atoms with Crippen LogP contribution < -0.4 is 10.6 Å². The van der Waals surface area contributed by atoms with E-state index >= 15 is 0 Å². The molecule has 3 aromatic rings. The fourth-order valence-electron chi connectivity index (χ4n) is 2.76. The number of amides is 2. The minimum Gasteiger partial charge on any atom is -0.329 e. The number of hydrogen-bond acceptors (Lipinski definition) is 4. The van der Waals surface area contributed by atoms with Gasteiger partial charge in [-0.15, -0.1) is 0 Å². The predicted molar refractivity (Wildman–Crippen MR) is 103 cm³/mol. The largest absolute Gasteiger partial charge is 0.329 e. The molecule has 2 N–H and O–H groups in total. The highest BCUT2D eigenvalue weighted by Crippen LogP contribution is 2.21. The molecule has 0 aliphatic carbocycles. The van der Waals surface area contributed by atoms with Gasteiger partial charge in [-0.25, -0.2) is 14.8 Å². The van der Waals surface area contributed by atoms with Crippen molar-refractivity contribution in [1.29, 1.82) is 0 Å². The van der Waals surface area contributed by atoms with Crippen LogP contribution in [0.4, 0.5) is 10.5 Å². The normalized spacial score (nSPS) is 12.2. The smallest absolute Gasteiger partial charge is 0.319 e. The van der Waals surface area contributed by atoms with E-state index in [0.29, 0.717) is 5.69 Å². The number of rotatable bonds is 4. The van der Waals surface area contributed by atoms with Crippen molar-refractivity contribution in [3.63, 3.8) is 0 Å².